The second-order valence-corrected chi connectivity index (χ2v) is 5.31. The largest absolute Gasteiger partial charge is 0.462 e. The number of hydrogen-bond acceptors (Lipinski definition) is 4. The van der Waals surface area contributed by atoms with Crippen LogP contribution in [0.25, 0.3) is 0 Å². The Morgan fingerprint density at radius 1 is 1.38 bits per heavy atom. The zero-order chi connectivity index (χ0) is 15.1. The van der Waals surface area contributed by atoms with Crippen molar-refractivity contribution in [1.29, 1.82) is 0 Å². The van der Waals surface area contributed by atoms with Crippen molar-refractivity contribution in [2.45, 2.75) is 39.0 Å². The first-order chi connectivity index (χ1) is 10.2. The van der Waals surface area contributed by atoms with Crippen molar-refractivity contribution in [2.24, 2.45) is 0 Å². The van der Waals surface area contributed by atoms with E-state index in [-0.39, 0.29) is 5.97 Å². The fraction of sp³-hybridized carbons (Fsp3) is 0.471. The molecule has 4 nitrogen and oxygen atoms in total. The lowest BCUT2D eigenvalue weighted by Gasteiger charge is -2.14. The first-order valence-corrected chi connectivity index (χ1v) is 7.69. The summed E-state index contributed by atoms with van der Waals surface area (Å²) in [5.41, 5.74) is 9.48. The molecule has 0 aliphatic heterocycles. The Hall–Kier alpha value is -1.97. The third-order valence-corrected chi connectivity index (χ3v) is 3.71. The number of nitrogens with two attached hydrogens (primary N) is 1. The first-order valence-electron chi connectivity index (χ1n) is 7.69. The molecule has 0 atom stereocenters. The predicted octanol–water partition coefficient (Wildman–Crippen LogP) is 3.75. The van der Waals surface area contributed by atoms with Crippen molar-refractivity contribution >= 4 is 17.3 Å². The van der Waals surface area contributed by atoms with Crippen LogP contribution in [0.5, 0.6) is 0 Å². The lowest BCUT2D eigenvalue weighted by atomic mass is 9.97. The maximum atomic E-state index is 11.6. The maximum absolute atomic E-state index is 11.6. The number of nitrogen functional groups attached to an aromatic ring is 1. The first kappa shape index (κ1) is 15.4. The number of carbonyl (C=O) groups excluding carboxylic acids is 1. The fourth-order valence-electron chi connectivity index (χ4n) is 2.55. The smallest absolute Gasteiger partial charge is 0.338 e. The van der Waals surface area contributed by atoms with Crippen LogP contribution in [-0.4, -0.2) is 19.1 Å². The summed E-state index contributed by atoms with van der Waals surface area (Å²) in [6, 6.07) is 5.26. The summed E-state index contributed by atoms with van der Waals surface area (Å²) in [6.07, 6.45) is 8.48. The van der Waals surface area contributed by atoms with Crippen molar-refractivity contribution in [3.63, 3.8) is 0 Å². The van der Waals surface area contributed by atoms with E-state index in [1.165, 1.54) is 31.3 Å². The van der Waals surface area contributed by atoms with E-state index in [9.17, 15) is 4.79 Å². The van der Waals surface area contributed by atoms with Gasteiger partial charge >= 0.3 is 5.97 Å². The molecule has 0 bridgehead atoms. The molecule has 1 aromatic rings. The van der Waals surface area contributed by atoms with Gasteiger partial charge in [0.15, 0.2) is 0 Å². The van der Waals surface area contributed by atoms with Gasteiger partial charge in [-0.25, -0.2) is 4.79 Å². The van der Waals surface area contributed by atoms with Gasteiger partial charge in [-0.3, -0.25) is 0 Å². The number of rotatable bonds is 6. The Labute approximate surface area is 126 Å². The Morgan fingerprint density at radius 2 is 2.24 bits per heavy atom. The molecule has 21 heavy (non-hydrogen) atoms. The molecular weight excluding hydrogens is 264 g/mol. The van der Waals surface area contributed by atoms with E-state index in [1.807, 2.05) is 6.07 Å². The van der Waals surface area contributed by atoms with E-state index in [1.54, 1.807) is 19.1 Å². The van der Waals surface area contributed by atoms with Crippen molar-refractivity contribution in [3.05, 3.63) is 35.4 Å². The van der Waals surface area contributed by atoms with Gasteiger partial charge in [-0.2, -0.15) is 0 Å². The van der Waals surface area contributed by atoms with E-state index >= 15 is 0 Å². The van der Waals surface area contributed by atoms with Crippen molar-refractivity contribution in [2.75, 3.05) is 24.2 Å². The standard InChI is InChI=1S/C17H24N2O2/c1-2-21-17(20)14-8-9-16(15(18)12-14)19-11-10-13-6-4-3-5-7-13/h6,8-9,12,19H,2-5,7,10-11,18H2,1H3. The summed E-state index contributed by atoms with van der Waals surface area (Å²) in [7, 11) is 0. The highest BCUT2D eigenvalue weighted by Gasteiger charge is 2.09. The molecule has 1 aliphatic carbocycles. The molecule has 0 saturated carbocycles. The molecule has 114 valence electrons. The van der Waals surface area contributed by atoms with E-state index in [2.05, 4.69) is 11.4 Å². The highest BCUT2D eigenvalue weighted by atomic mass is 16.5. The molecule has 0 spiro atoms. The van der Waals surface area contributed by atoms with Crippen LogP contribution in [0.15, 0.2) is 29.8 Å². The molecule has 0 unspecified atom stereocenters. The molecule has 0 aromatic heterocycles. The molecule has 1 aliphatic rings. The van der Waals surface area contributed by atoms with Crippen LogP contribution in [0, 0.1) is 0 Å². The van der Waals surface area contributed by atoms with Crippen LogP contribution in [0.3, 0.4) is 0 Å². The second-order valence-electron chi connectivity index (χ2n) is 5.31. The summed E-state index contributed by atoms with van der Waals surface area (Å²) in [6.45, 7) is 3.03. The van der Waals surface area contributed by atoms with Crippen LogP contribution < -0.4 is 11.1 Å². The Balaban J connectivity index is 1.88. The summed E-state index contributed by atoms with van der Waals surface area (Å²) in [5.74, 6) is -0.330. The minimum Gasteiger partial charge on any atom is -0.462 e. The second kappa shape index (κ2) is 7.72. The molecule has 4 heteroatoms. The lowest BCUT2D eigenvalue weighted by molar-refractivity contribution is 0.0526. The zero-order valence-corrected chi connectivity index (χ0v) is 12.7. The fourth-order valence-corrected chi connectivity index (χ4v) is 2.55. The minimum atomic E-state index is -0.330. The van der Waals surface area contributed by atoms with E-state index < -0.39 is 0 Å². The van der Waals surface area contributed by atoms with Crippen molar-refractivity contribution < 1.29 is 9.53 Å². The number of carbonyl (C=O) groups is 1. The molecule has 0 amide bonds. The van der Waals surface area contributed by atoms with Crippen molar-refractivity contribution in [3.8, 4) is 0 Å². The van der Waals surface area contributed by atoms with Gasteiger partial charge < -0.3 is 15.8 Å². The summed E-state index contributed by atoms with van der Waals surface area (Å²) < 4.78 is 4.96. The van der Waals surface area contributed by atoms with E-state index in [0.29, 0.717) is 17.9 Å². The maximum Gasteiger partial charge on any atom is 0.338 e. The van der Waals surface area contributed by atoms with Gasteiger partial charge in [-0.15, -0.1) is 0 Å². The molecule has 0 radical (unpaired) electrons. The molecule has 3 N–H and O–H groups in total. The molecule has 0 fully saturated rings. The third-order valence-electron chi connectivity index (χ3n) is 3.71. The number of hydrogen-bond donors (Lipinski definition) is 2. The molecule has 2 rings (SSSR count). The number of nitrogens with one attached hydrogen (secondary N) is 1. The molecule has 1 aromatic carbocycles. The van der Waals surface area contributed by atoms with Crippen LogP contribution in [0.1, 0.15) is 49.4 Å². The SMILES string of the molecule is CCOC(=O)c1ccc(NCCC2=CCCCC2)c(N)c1. The predicted molar refractivity (Wildman–Crippen MR) is 86.5 cm³/mol. The van der Waals surface area contributed by atoms with E-state index in [0.717, 1.165) is 18.7 Å². The molecular formula is C17H24N2O2. The Bertz CT molecular complexity index is 524. The number of ether oxygens (including phenoxy) is 1. The number of benzene rings is 1. The van der Waals surface area contributed by atoms with E-state index in [4.69, 9.17) is 10.5 Å². The monoisotopic (exact) mass is 288 g/mol. The number of esters is 1. The van der Waals surface area contributed by atoms with Crippen molar-refractivity contribution in [1.82, 2.24) is 0 Å². The van der Waals surface area contributed by atoms with Gasteiger partial charge in [0.1, 0.15) is 0 Å². The van der Waals surface area contributed by atoms with Gasteiger partial charge in [0.05, 0.1) is 23.5 Å². The highest BCUT2D eigenvalue weighted by molar-refractivity contribution is 5.91. The normalized spacial score (nSPS) is 14.4. The summed E-state index contributed by atoms with van der Waals surface area (Å²) >= 11 is 0. The zero-order valence-electron chi connectivity index (χ0n) is 12.7. The average molecular weight is 288 g/mol. The van der Waals surface area contributed by atoms with Crippen LogP contribution in [0.4, 0.5) is 11.4 Å². The topological polar surface area (TPSA) is 64.3 Å². The number of allylic oxidation sites excluding steroid dienone is 1. The van der Waals surface area contributed by atoms with Crippen LogP contribution >= 0.6 is 0 Å². The summed E-state index contributed by atoms with van der Waals surface area (Å²) in [5, 5.41) is 3.34. The van der Waals surface area contributed by atoms with Gasteiger partial charge in [-0.1, -0.05) is 11.6 Å². The highest BCUT2D eigenvalue weighted by Crippen LogP contribution is 2.23. The average Bonchev–Trinajstić information content (AvgIpc) is 2.50. The van der Waals surface area contributed by atoms with Gasteiger partial charge in [-0.05, 0) is 57.2 Å². The summed E-state index contributed by atoms with van der Waals surface area (Å²) in [4.78, 5) is 11.6. The van der Waals surface area contributed by atoms with Crippen LogP contribution in [-0.2, 0) is 4.74 Å². The molecule has 0 heterocycles. The minimum absolute atomic E-state index is 0.330. The molecule has 0 saturated heterocycles. The third kappa shape index (κ3) is 4.52. The van der Waals surface area contributed by atoms with Gasteiger partial charge in [0, 0.05) is 6.54 Å². The quantitative estimate of drug-likeness (QED) is 0.475. The van der Waals surface area contributed by atoms with Gasteiger partial charge in [0.25, 0.3) is 0 Å². The Morgan fingerprint density at radius 3 is 2.90 bits per heavy atom. The number of anilines is 2. The van der Waals surface area contributed by atoms with Crippen LogP contribution in [0.2, 0.25) is 0 Å². The Kier molecular flexibility index (Phi) is 5.67. The lowest BCUT2D eigenvalue weighted by Crippen LogP contribution is -2.09. The van der Waals surface area contributed by atoms with Gasteiger partial charge in [0.2, 0.25) is 0 Å².